The Morgan fingerprint density at radius 1 is 1.15 bits per heavy atom. The van der Waals surface area contributed by atoms with E-state index in [0.29, 0.717) is 22.0 Å². The van der Waals surface area contributed by atoms with Crippen molar-refractivity contribution in [2.24, 2.45) is 0 Å². The van der Waals surface area contributed by atoms with E-state index in [1.807, 2.05) is 27.7 Å². The Morgan fingerprint density at radius 3 is 2.38 bits per heavy atom. The van der Waals surface area contributed by atoms with Gasteiger partial charge in [-0.2, -0.15) is 0 Å². The molecule has 0 unspecified atom stereocenters. The van der Waals surface area contributed by atoms with Crippen molar-refractivity contribution in [3.63, 3.8) is 0 Å². The Morgan fingerprint density at radius 2 is 1.81 bits per heavy atom. The Bertz CT molecular complexity index is 869. The largest absolute Gasteiger partial charge is 0.495 e. The molecule has 1 saturated heterocycles. The van der Waals surface area contributed by atoms with Crippen LogP contribution in [0.25, 0.3) is 10.8 Å². The van der Waals surface area contributed by atoms with Crippen LogP contribution in [0.5, 0.6) is 5.75 Å². The minimum atomic E-state index is -0.720. The minimum Gasteiger partial charge on any atom is -0.468 e. The third-order valence-electron chi connectivity index (χ3n) is 5.05. The van der Waals surface area contributed by atoms with Crippen LogP contribution in [-0.4, -0.2) is 32.2 Å². The van der Waals surface area contributed by atoms with Crippen LogP contribution in [0.1, 0.15) is 33.3 Å². The maximum Gasteiger partial charge on any atom is 0.495 e. The number of fused-ring (bicyclic) bond motifs is 1. The van der Waals surface area contributed by atoms with Crippen molar-refractivity contribution in [3.05, 3.63) is 42.1 Å². The SMILES string of the molecule is [C]#Cc1c(F)ccc2cc(OCOC)cc(B3OC(C)(C)C(C)(C)O3)c12. The van der Waals surface area contributed by atoms with Crippen molar-refractivity contribution in [3.8, 4) is 11.7 Å². The summed E-state index contributed by atoms with van der Waals surface area (Å²) >= 11 is 0. The molecule has 1 heterocycles. The van der Waals surface area contributed by atoms with Gasteiger partial charge in [0.2, 0.25) is 0 Å². The van der Waals surface area contributed by atoms with Gasteiger partial charge in [0.1, 0.15) is 11.6 Å². The van der Waals surface area contributed by atoms with E-state index in [4.69, 9.17) is 25.2 Å². The van der Waals surface area contributed by atoms with Crippen LogP contribution in [0.4, 0.5) is 4.39 Å². The maximum atomic E-state index is 14.3. The van der Waals surface area contributed by atoms with Crippen molar-refractivity contribution < 1.29 is 23.2 Å². The zero-order chi connectivity index (χ0) is 19.1. The second-order valence-corrected chi connectivity index (χ2v) is 7.30. The van der Waals surface area contributed by atoms with Gasteiger partial charge in [0, 0.05) is 12.5 Å². The highest BCUT2D eigenvalue weighted by Crippen LogP contribution is 2.38. The molecule has 4 nitrogen and oxygen atoms in total. The lowest BCUT2D eigenvalue weighted by molar-refractivity contribution is 0.00578. The lowest BCUT2D eigenvalue weighted by atomic mass is 9.74. The van der Waals surface area contributed by atoms with E-state index in [9.17, 15) is 4.39 Å². The number of hydrogen-bond acceptors (Lipinski definition) is 4. The third kappa shape index (κ3) is 3.07. The summed E-state index contributed by atoms with van der Waals surface area (Å²) in [5.41, 5.74) is -0.420. The van der Waals surface area contributed by atoms with Gasteiger partial charge in [0.15, 0.2) is 6.79 Å². The fourth-order valence-corrected chi connectivity index (χ4v) is 2.93. The first-order valence-corrected chi connectivity index (χ1v) is 8.36. The fraction of sp³-hybridized carbons (Fsp3) is 0.400. The summed E-state index contributed by atoms with van der Waals surface area (Å²) in [7, 11) is 0.815. The van der Waals surface area contributed by atoms with Crippen molar-refractivity contribution in [2.45, 2.75) is 38.9 Å². The lowest BCUT2D eigenvalue weighted by Gasteiger charge is -2.32. The minimum absolute atomic E-state index is 0.0745. The zero-order valence-corrected chi connectivity index (χ0v) is 15.6. The second-order valence-electron chi connectivity index (χ2n) is 7.30. The highest BCUT2D eigenvalue weighted by atomic mass is 19.1. The van der Waals surface area contributed by atoms with Crippen LogP contribution in [0, 0.1) is 18.2 Å². The van der Waals surface area contributed by atoms with Crippen LogP contribution >= 0.6 is 0 Å². The van der Waals surface area contributed by atoms with Gasteiger partial charge in [-0.1, -0.05) is 6.07 Å². The smallest absolute Gasteiger partial charge is 0.468 e. The van der Waals surface area contributed by atoms with Gasteiger partial charge < -0.3 is 18.8 Å². The monoisotopic (exact) mass is 355 g/mol. The standard InChI is InChI=1S/C20H21BFO4/c1-7-15-17(22)9-8-13-10-14(24-12-23-6)11-16(18(13)15)21-25-19(2,3)20(4,5)26-21/h8-11H,12H2,2-6H3. The Kier molecular flexibility index (Phi) is 4.74. The average Bonchev–Trinajstić information content (AvgIpc) is 2.80. The summed E-state index contributed by atoms with van der Waals surface area (Å²) in [4.78, 5) is 0. The van der Waals surface area contributed by atoms with E-state index in [2.05, 4.69) is 5.92 Å². The number of methoxy groups -OCH3 is 1. The average molecular weight is 355 g/mol. The maximum absolute atomic E-state index is 14.3. The molecule has 0 amide bonds. The van der Waals surface area contributed by atoms with Gasteiger partial charge in [0.05, 0.1) is 16.8 Å². The lowest BCUT2D eigenvalue weighted by Crippen LogP contribution is -2.41. The Labute approximate surface area is 153 Å². The molecule has 1 aliphatic rings. The molecule has 1 radical (unpaired) electrons. The topological polar surface area (TPSA) is 36.9 Å². The molecular formula is C20H21BFO4. The number of halogens is 1. The number of rotatable bonds is 4. The van der Waals surface area contributed by atoms with Crippen molar-refractivity contribution in [2.75, 3.05) is 13.9 Å². The summed E-state index contributed by atoms with van der Waals surface area (Å²) in [5.74, 6) is 2.23. The van der Waals surface area contributed by atoms with E-state index in [1.165, 1.54) is 13.2 Å². The van der Waals surface area contributed by atoms with Crippen molar-refractivity contribution in [1.29, 1.82) is 0 Å². The van der Waals surface area contributed by atoms with E-state index in [-0.39, 0.29) is 12.4 Å². The van der Waals surface area contributed by atoms with Crippen LogP contribution in [0.2, 0.25) is 0 Å². The molecule has 0 aromatic heterocycles. The number of ether oxygens (including phenoxy) is 2. The van der Waals surface area contributed by atoms with E-state index >= 15 is 0 Å². The molecule has 2 aromatic rings. The van der Waals surface area contributed by atoms with Crippen LogP contribution in [0.15, 0.2) is 24.3 Å². The molecule has 0 spiro atoms. The Balaban J connectivity index is 2.22. The van der Waals surface area contributed by atoms with Gasteiger partial charge in [-0.15, -0.1) is 0 Å². The molecule has 0 bridgehead atoms. The van der Waals surface area contributed by atoms with Gasteiger partial charge in [-0.05, 0) is 69.1 Å². The molecule has 26 heavy (non-hydrogen) atoms. The molecule has 0 atom stereocenters. The highest BCUT2D eigenvalue weighted by Gasteiger charge is 2.52. The van der Waals surface area contributed by atoms with Gasteiger partial charge in [0.25, 0.3) is 0 Å². The molecule has 1 fully saturated rings. The predicted octanol–water partition coefficient (Wildman–Crippen LogP) is 3.20. The first-order chi connectivity index (χ1) is 12.2. The van der Waals surface area contributed by atoms with E-state index < -0.39 is 24.1 Å². The summed E-state index contributed by atoms with van der Waals surface area (Å²) in [5, 5.41) is 1.24. The van der Waals surface area contributed by atoms with Crippen LogP contribution in [-0.2, 0) is 14.0 Å². The molecule has 0 saturated carbocycles. The zero-order valence-electron chi connectivity index (χ0n) is 15.6. The summed E-state index contributed by atoms with van der Waals surface area (Å²) in [6.07, 6.45) is 7.53. The third-order valence-corrected chi connectivity index (χ3v) is 5.05. The van der Waals surface area contributed by atoms with Crippen LogP contribution < -0.4 is 10.2 Å². The van der Waals surface area contributed by atoms with Gasteiger partial charge in [-0.3, -0.25) is 0 Å². The Hall–Kier alpha value is -2.07. The van der Waals surface area contributed by atoms with E-state index in [1.54, 1.807) is 18.2 Å². The molecule has 3 rings (SSSR count). The number of benzene rings is 2. The molecular weight excluding hydrogens is 334 g/mol. The van der Waals surface area contributed by atoms with Crippen LogP contribution in [0.3, 0.4) is 0 Å². The number of hydrogen-bond donors (Lipinski definition) is 0. The highest BCUT2D eigenvalue weighted by molar-refractivity contribution is 6.65. The molecule has 135 valence electrons. The van der Waals surface area contributed by atoms with Gasteiger partial charge >= 0.3 is 7.12 Å². The molecule has 1 aliphatic heterocycles. The summed E-state index contributed by atoms with van der Waals surface area (Å²) in [6.45, 7) is 7.88. The summed E-state index contributed by atoms with van der Waals surface area (Å²) < 4.78 is 37.1. The first kappa shape index (κ1) is 18.7. The normalized spacial score (nSPS) is 18.1. The molecule has 2 aromatic carbocycles. The first-order valence-electron chi connectivity index (χ1n) is 8.36. The van der Waals surface area contributed by atoms with Crippen molar-refractivity contribution in [1.82, 2.24) is 0 Å². The fourth-order valence-electron chi connectivity index (χ4n) is 2.93. The molecule has 6 heteroatoms. The molecule has 0 N–H and O–H groups in total. The van der Waals surface area contributed by atoms with Gasteiger partial charge in [-0.25, -0.2) is 4.39 Å². The second kappa shape index (κ2) is 6.59. The quantitative estimate of drug-likeness (QED) is 0.480. The van der Waals surface area contributed by atoms with E-state index in [0.717, 1.165) is 0 Å². The van der Waals surface area contributed by atoms with Crippen molar-refractivity contribution >= 4 is 23.4 Å². The predicted molar refractivity (Wildman–Crippen MR) is 98.4 cm³/mol. The summed E-state index contributed by atoms with van der Waals surface area (Å²) in [6, 6.07) is 6.46. The molecule has 0 aliphatic carbocycles.